The number of anilines is 1. The Labute approximate surface area is 229 Å². The van der Waals surface area contributed by atoms with Crippen molar-refractivity contribution in [2.45, 2.75) is 32.7 Å². The van der Waals surface area contributed by atoms with Crippen LogP contribution in [0.15, 0.2) is 54.6 Å². The highest BCUT2D eigenvalue weighted by atomic mass is 35.5. The molecule has 0 heterocycles. The number of rotatable bonds is 12. The van der Waals surface area contributed by atoms with Gasteiger partial charge in [-0.15, -0.1) is 0 Å². The molecule has 1 amide bonds. The molecule has 3 N–H and O–H groups in total. The van der Waals surface area contributed by atoms with Crippen LogP contribution in [0.25, 0.3) is 11.1 Å². The van der Waals surface area contributed by atoms with Gasteiger partial charge in [-0.05, 0) is 60.4 Å². The summed E-state index contributed by atoms with van der Waals surface area (Å²) < 4.78 is 35.5. The molecule has 202 valence electrons. The highest BCUT2D eigenvalue weighted by molar-refractivity contribution is 6.35. The summed E-state index contributed by atoms with van der Waals surface area (Å²) in [5, 5.41) is 15.1. The molecule has 10 heteroatoms. The van der Waals surface area contributed by atoms with E-state index in [1.807, 2.05) is 13.8 Å². The first kappa shape index (κ1) is 29.2. The van der Waals surface area contributed by atoms with Gasteiger partial charge in [0, 0.05) is 40.0 Å². The predicted molar refractivity (Wildman–Crippen MR) is 145 cm³/mol. The number of hydrogen-bond acceptors (Lipinski definition) is 4. The largest absolute Gasteiger partial charge is 0.491 e. The van der Waals surface area contributed by atoms with Crippen molar-refractivity contribution in [1.29, 1.82) is 0 Å². The lowest BCUT2D eigenvalue weighted by Crippen LogP contribution is -2.29. The van der Waals surface area contributed by atoms with E-state index in [-0.39, 0.29) is 58.4 Å². The second kappa shape index (κ2) is 13.4. The fourth-order valence-corrected chi connectivity index (χ4v) is 4.41. The Kier molecular flexibility index (Phi) is 10.3. The first-order chi connectivity index (χ1) is 18.0. The number of hydrogen-bond donors (Lipinski definition) is 3. The molecule has 0 aromatic heterocycles. The zero-order valence-corrected chi connectivity index (χ0v) is 22.4. The van der Waals surface area contributed by atoms with Crippen LogP contribution in [0.1, 0.15) is 37.0 Å². The minimum absolute atomic E-state index is 0.0387. The summed E-state index contributed by atoms with van der Waals surface area (Å²) in [5.74, 6) is -2.62. The second-order valence-corrected chi connectivity index (χ2v) is 10.1. The molecule has 0 aliphatic carbocycles. The molecule has 0 radical (unpaired) electrons. The van der Waals surface area contributed by atoms with Gasteiger partial charge in [0.1, 0.15) is 24.0 Å². The van der Waals surface area contributed by atoms with Crippen LogP contribution in [0.2, 0.25) is 10.0 Å². The Morgan fingerprint density at radius 1 is 0.974 bits per heavy atom. The Bertz CT molecular complexity index is 1240. The van der Waals surface area contributed by atoms with Gasteiger partial charge >= 0.3 is 5.97 Å². The molecule has 6 nitrogen and oxygen atoms in total. The third-order valence-electron chi connectivity index (χ3n) is 5.52. The summed E-state index contributed by atoms with van der Waals surface area (Å²) >= 11 is 12.0. The SMILES string of the molecule is CC(C)CC(COc1cc(F)c(-c2cc(Cl)cc(Cl)c2)c(F)c1)Nc1ccc(C(=O)NCCC(=O)O)cc1. The van der Waals surface area contributed by atoms with E-state index in [9.17, 15) is 18.4 Å². The van der Waals surface area contributed by atoms with E-state index in [0.717, 1.165) is 17.8 Å². The van der Waals surface area contributed by atoms with Crippen molar-refractivity contribution >= 4 is 40.8 Å². The van der Waals surface area contributed by atoms with E-state index in [2.05, 4.69) is 10.6 Å². The van der Waals surface area contributed by atoms with Gasteiger partial charge in [-0.25, -0.2) is 8.78 Å². The smallest absolute Gasteiger partial charge is 0.305 e. The lowest BCUT2D eigenvalue weighted by atomic mass is 10.0. The summed E-state index contributed by atoms with van der Waals surface area (Å²) in [6.45, 7) is 4.26. The van der Waals surface area contributed by atoms with Gasteiger partial charge in [0.25, 0.3) is 5.91 Å². The fourth-order valence-electron chi connectivity index (χ4n) is 3.88. The van der Waals surface area contributed by atoms with Crippen LogP contribution in [-0.2, 0) is 4.79 Å². The van der Waals surface area contributed by atoms with E-state index >= 15 is 0 Å². The Balaban J connectivity index is 1.67. The number of halogens is 4. The summed E-state index contributed by atoms with van der Waals surface area (Å²) in [6.07, 6.45) is 0.551. The number of carboxylic acid groups (broad SMARTS) is 1. The molecule has 3 aromatic rings. The monoisotopic (exact) mass is 564 g/mol. The fraction of sp³-hybridized carbons (Fsp3) is 0.286. The molecule has 3 rings (SSSR count). The van der Waals surface area contributed by atoms with Gasteiger partial charge in [-0.1, -0.05) is 37.0 Å². The summed E-state index contributed by atoms with van der Waals surface area (Å²) in [6, 6.07) is 13.1. The van der Waals surface area contributed by atoms with Crippen LogP contribution in [0.5, 0.6) is 5.75 Å². The van der Waals surface area contributed by atoms with Crippen LogP contribution in [0.3, 0.4) is 0 Å². The third-order valence-corrected chi connectivity index (χ3v) is 5.95. The van der Waals surface area contributed by atoms with Crippen LogP contribution in [-0.4, -0.2) is 36.2 Å². The maximum Gasteiger partial charge on any atom is 0.305 e. The van der Waals surface area contributed by atoms with Gasteiger partial charge in [0.2, 0.25) is 0 Å². The van der Waals surface area contributed by atoms with Gasteiger partial charge in [0.05, 0.1) is 18.0 Å². The first-order valence-corrected chi connectivity index (χ1v) is 12.7. The van der Waals surface area contributed by atoms with Gasteiger partial charge in [-0.3, -0.25) is 9.59 Å². The molecule has 38 heavy (non-hydrogen) atoms. The van der Waals surface area contributed by atoms with Crippen molar-refractivity contribution in [1.82, 2.24) is 5.32 Å². The quantitative estimate of drug-likeness (QED) is 0.219. The molecule has 0 aliphatic heterocycles. The Morgan fingerprint density at radius 3 is 2.13 bits per heavy atom. The number of aliphatic carboxylic acids is 1. The number of carbonyl (C=O) groups excluding carboxylic acids is 1. The number of benzene rings is 3. The maximum absolute atomic E-state index is 14.9. The number of carbonyl (C=O) groups is 2. The van der Waals surface area contributed by atoms with Crippen molar-refractivity contribution in [3.8, 4) is 16.9 Å². The van der Waals surface area contributed by atoms with Gasteiger partial charge in [0.15, 0.2) is 0 Å². The average molecular weight is 565 g/mol. The first-order valence-electron chi connectivity index (χ1n) is 12.0. The van der Waals surface area contributed by atoms with E-state index in [4.69, 9.17) is 33.0 Å². The lowest BCUT2D eigenvalue weighted by Gasteiger charge is -2.22. The van der Waals surface area contributed by atoms with E-state index in [1.54, 1.807) is 24.3 Å². The third kappa shape index (κ3) is 8.60. The van der Waals surface area contributed by atoms with Gasteiger partial charge < -0.3 is 20.5 Å². The van der Waals surface area contributed by atoms with Gasteiger partial charge in [-0.2, -0.15) is 0 Å². The van der Waals surface area contributed by atoms with Crippen LogP contribution >= 0.6 is 23.2 Å². The summed E-state index contributed by atoms with van der Waals surface area (Å²) in [7, 11) is 0. The zero-order chi connectivity index (χ0) is 27.8. The van der Waals surface area contributed by atoms with Crippen LogP contribution < -0.4 is 15.4 Å². The molecule has 0 aliphatic rings. The van der Waals surface area contributed by atoms with Crippen molar-refractivity contribution in [2.75, 3.05) is 18.5 Å². The highest BCUT2D eigenvalue weighted by Gasteiger charge is 2.18. The van der Waals surface area contributed by atoms with E-state index < -0.39 is 17.6 Å². The van der Waals surface area contributed by atoms with Crippen molar-refractivity contribution in [2.24, 2.45) is 5.92 Å². The van der Waals surface area contributed by atoms with E-state index in [0.29, 0.717) is 17.9 Å². The Hall–Kier alpha value is -3.36. The van der Waals surface area contributed by atoms with E-state index in [1.165, 1.54) is 18.2 Å². The molecule has 1 unspecified atom stereocenters. The minimum Gasteiger partial charge on any atom is -0.491 e. The van der Waals surface area contributed by atoms with Crippen LogP contribution in [0.4, 0.5) is 14.5 Å². The molecular formula is C28H28Cl2F2N2O4. The minimum atomic E-state index is -0.990. The molecule has 0 saturated carbocycles. The second-order valence-electron chi connectivity index (χ2n) is 9.18. The van der Waals surface area contributed by atoms with Crippen molar-refractivity contribution < 1.29 is 28.2 Å². The number of nitrogens with one attached hydrogen (secondary N) is 2. The molecule has 1 atom stereocenters. The summed E-state index contributed by atoms with van der Waals surface area (Å²) in [5.41, 5.74) is 1.10. The number of ether oxygens (including phenoxy) is 1. The number of amides is 1. The molecular weight excluding hydrogens is 537 g/mol. The molecule has 3 aromatic carbocycles. The predicted octanol–water partition coefficient (Wildman–Crippen LogP) is 7.05. The normalized spacial score (nSPS) is 11.8. The zero-order valence-electron chi connectivity index (χ0n) is 20.9. The molecule has 0 spiro atoms. The standard InChI is InChI=1S/C28H28Cl2F2N2O4/c1-16(2)9-22(34-21-5-3-17(4-6-21)28(37)33-8-7-26(35)36)15-38-23-13-24(31)27(25(32)14-23)18-10-19(29)12-20(30)11-18/h3-6,10-14,16,22,34H,7-9,15H2,1-2H3,(H,33,37)(H,35,36). The molecule has 0 bridgehead atoms. The number of carboxylic acids is 1. The summed E-state index contributed by atoms with van der Waals surface area (Å²) in [4.78, 5) is 22.7. The average Bonchev–Trinajstić information content (AvgIpc) is 2.81. The van der Waals surface area contributed by atoms with Crippen molar-refractivity contribution in [3.05, 3.63) is 81.8 Å². The topological polar surface area (TPSA) is 87.7 Å². The molecule has 0 saturated heterocycles. The highest BCUT2D eigenvalue weighted by Crippen LogP contribution is 2.33. The molecule has 0 fully saturated rings. The van der Waals surface area contributed by atoms with Crippen LogP contribution in [0, 0.1) is 17.6 Å². The lowest BCUT2D eigenvalue weighted by molar-refractivity contribution is -0.136. The van der Waals surface area contributed by atoms with Crippen molar-refractivity contribution in [3.63, 3.8) is 0 Å². The Morgan fingerprint density at radius 2 is 1.58 bits per heavy atom. The maximum atomic E-state index is 14.9.